The molecule has 2 N–H and O–H groups in total. The number of carboxylic acid groups (broad SMARTS) is 1. The summed E-state index contributed by atoms with van der Waals surface area (Å²) in [5.41, 5.74) is 1.05. The van der Waals surface area contributed by atoms with Crippen LogP contribution in [0.15, 0.2) is 24.4 Å². The molecule has 1 aromatic heterocycles. The van der Waals surface area contributed by atoms with Crippen molar-refractivity contribution in [3.63, 3.8) is 0 Å². The van der Waals surface area contributed by atoms with E-state index in [1.807, 2.05) is 18.3 Å². The number of likely N-dealkylation sites (tertiary alicyclic amines) is 1. The Morgan fingerprint density at radius 1 is 1.35 bits per heavy atom. The van der Waals surface area contributed by atoms with Crippen molar-refractivity contribution < 1.29 is 9.90 Å². The maximum absolute atomic E-state index is 11.4. The van der Waals surface area contributed by atoms with E-state index in [-0.39, 0.29) is 12.0 Å². The fraction of sp³-hybridized carbons (Fsp3) is 0.647. The van der Waals surface area contributed by atoms with Gasteiger partial charge in [-0.25, -0.2) is 0 Å². The molecule has 6 nitrogen and oxygen atoms in total. The van der Waals surface area contributed by atoms with E-state index in [2.05, 4.69) is 26.2 Å². The number of aliphatic carboxylic acids is 1. The third kappa shape index (κ3) is 4.28. The zero-order valence-corrected chi connectivity index (χ0v) is 13.5. The molecule has 0 aliphatic carbocycles. The Hall–Kier alpha value is -1.50. The molecule has 126 valence electrons. The molecule has 0 bridgehead atoms. The highest BCUT2D eigenvalue weighted by Gasteiger charge is 2.32. The van der Waals surface area contributed by atoms with E-state index < -0.39 is 5.97 Å². The minimum Gasteiger partial charge on any atom is -0.481 e. The van der Waals surface area contributed by atoms with Gasteiger partial charge >= 0.3 is 5.97 Å². The summed E-state index contributed by atoms with van der Waals surface area (Å²) in [7, 11) is 0. The predicted octanol–water partition coefficient (Wildman–Crippen LogP) is 0.825. The van der Waals surface area contributed by atoms with Crippen LogP contribution < -0.4 is 5.32 Å². The minimum atomic E-state index is -0.670. The molecule has 0 spiro atoms. The van der Waals surface area contributed by atoms with Gasteiger partial charge < -0.3 is 10.4 Å². The quantitative estimate of drug-likeness (QED) is 0.838. The zero-order valence-electron chi connectivity index (χ0n) is 13.5. The van der Waals surface area contributed by atoms with Gasteiger partial charge in [0.2, 0.25) is 0 Å². The molecule has 3 rings (SSSR count). The molecular weight excluding hydrogens is 292 g/mol. The van der Waals surface area contributed by atoms with Crippen molar-refractivity contribution in [2.75, 3.05) is 45.8 Å². The first-order chi connectivity index (χ1) is 11.2. The largest absolute Gasteiger partial charge is 0.481 e. The maximum atomic E-state index is 11.4. The lowest BCUT2D eigenvalue weighted by Gasteiger charge is -2.40. The molecule has 1 aromatic rings. The van der Waals surface area contributed by atoms with Gasteiger partial charge in [-0.15, -0.1) is 0 Å². The number of piperazine rings is 1. The number of carboxylic acids is 1. The van der Waals surface area contributed by atoms with Crippen molar-refractivity contribution in [2.45, 2.75) is 18.9 Å². The molecule has 23 heavy (non-hydrogen) atoms. The molecule has 0 saturated carbocycles. The van der Waals surface area contributed by atoms with E-state index in [1.165, 1.54) is 0 Å². The second-order valence-corrected chi connectivity index (χ2v) is 6.49. The Kier molecular flexibility index (Phi) is 5.59. The van der Waals surface area contributed by atoms with Crippen molar-refractivity contribution >= 4 is 5.97 Å². The zero-order chi connectivity index (χ0) is 16.1. The molecule has 2 atom stereocenters. The van der Waals surface area contributed by atoms with E-state index in [9.17, 15) is 9.90 Å². The summed E-state index contributed by atoms with van der Waals surface area (Å²) >= 11 is 0. The number of piperidine rings is 1. The molecular formula is C17H26N4O2. The predicted molar refractivity (Wildman–Crippen MR) is 88.2 cm³/mol. The average molecular weight is 318 g/mol. The van der Waals surface area contributed by atoms with Crippen LogP contribution in [0, 0.1) is 5.92 Å². The summed E-state index contributed by atoms with van der Waals surface area (Å²) in [5.74, 6) is -0.922. The number of nitrogens with zero attached hydrogens (tertiary/aromatic N) is 3. The Morgan fingerprint density at radius 3 is 2.87 bits per heavy atom. The van der Waals surface area contributed by atoms with Crippen LogP contribution in [0.4, 0.5) is 0 Å². The number of rotatable bonds is 5. The smallest absolute Gasteiger partial charge is 0.307 e. The second-order valence-electron chi connectivity index (χ2n) is 6.49. The first-order valence-electron chi connectivity index (χ1n) is 8.55. The number of aromatic nitrogens is 1. The van der Waals surface area contributed by atoms with Gasteiger partial charge in [-0.1, -0.05) is 6.07 Å². The van der Waals surface area contributed by atoms with E-state index in [4.69, 9.17) is 0 Å². The first kappa shape index (κ1) is 16.4. The van der Waals surface area contributed by atoms with Crippen LogP contribution in [0.2, 0.25) is 0 Å². The summed E-state index contributed by atoms with van der Waals surface area (Å²) < 4.78 is 0. The van der Waals surface area contributed by atoms with Crippen molar-refractivity contribution in [3.05, 3.63) is 30.1 Å². The maximum Gasteiger partial charge on any atom is 0.307 e. The molecule has 0 aromatic carbocycles. The molecule has 2 aliphatic rings. The van der Waals surface area contributed by atoms with E-state index in [0.29, 0.717) is 6.54 Å². The van der Waals surface area contributed by atoms with Gasteiger partial charge in [0.05, 0.1) is 17.7 Å². The van der Waals surface area contributed by atoms with Gasteiger partial charge in [-0.2, -0.15) is 0 Å². The Labute approximate surface area is 137 Å². The number of carbonyl (C=O) groups is 1. The minimum absolute atomic E-state index is 0.177. The molecule has 2 aliphatic heterocycles. The normalized spacial score (nSPS) is 25.1. The standard InChI is InChI=1S/C17H26N4O2/c22-17(23)14-4-3-9-21(12-14)16(15-5-1-2-6-19-15)13-20-10-7-18-8-11-20/h1-2,5-6,14,16,18H,3-4,7-13H2,(H,22,23). The highest BCUT2D eigenvalue weighted by atomic mass is 16.4. The molecule has 0 radical (unpaired) electrons. The Bertz CT molecular complexity index is 505. The number of pyridine rings is 1. The summed E-state index contributed by atoms with van der Waals surface area (Å²) in [6, 6.07) is 6.20. The van der Waals surface area contributed by atoms with Crippen LogP contribution in [-0.4, -0.2) is 71.7 Å². The first-order valence-corrected chi connectivity index (χ1v) is 8.55. The fourth-order valence-electron chi connectivity index (χ4n) is 3.60. The molecule has 2 saturated heterocycles. The van der Waals surface area contributed by atoms with E-state index in [0.717, 1.165) is 57.8 Å². The lowest BCUT2D eigenvalue weighted by molar-refractivity contribution is -0.144. The van der Waals surface area contributed by atoms with Gasteiger partial charge in [0.25, 0.3) is 0 Å². The van der Waals surface area contributed by atoms with Crippen molar-refractivity contribution in [3.8, 4) is 0 Å². The van der Waals surface area contributed by atoms with Gasteiger partial charge in [-0.05, 0) is 31.5 Å². The van der Waals surface area contributed by atoms with Crippen LogP contribution in [0.25, 0.3) is 0 Å². The number of nitrogens with one attached hydrogen (secondary N) is 1. The molecule has 2 unspecified atom stereocenters. The monoisotopic (exact) mass is 318 g/mol. The van der Waals surface area contributed by atoms with E-state index >= 15 is 0 Å². The van der Waals surface area contributed by atoms with Crippen molar-refractivity contribution in [1.29, 1.82) is 0 Å². The van der Waals surface area contributed by atoms with Crippen LogP contribution in [0.3, 0.4) is 0 Å². The van der Waals surface area contributed by atoms with Gasteiger partial charge in [0.1, 0.15) is 0 Å². The van der Waals surface area contributed by atoms with Crippen molar-refractivity contribution in [2.24, 2.45) is 5.92 Å². The molecule has 3 heterocycles. The van der Waals surface area contributed by atoms with Crippen LogP contribution in [-0.2, 0) is 4.79 Å². The Morgan fingerprint density at radius 2 is 2.17 bits per heavy atom. The third-order valence-electron chi connectivity index (χ3n) is 4.91. The average Bonchev–Trinajstić information content (AvgIpc) is 2.61. The third-order valence-corrected chi connectivity index (χ3v) is 4.91. The summed E-state index contributed by atoms with van der Waals surface area (Å²) in [4.78, 5) is 20.7. The number of hydrogen-bond acceptors (Lipinski definition) is 5. The summed E-state index contributed by atoms with van der Waals surface area (Å²) in [5, 5.41) is 12.7. The highest BCUT2D eigenvalue weighted by molar-refractivity contribution is 5.70. The second kappa shape index (κ2) is 7.86. The van der Waals surface area contributed by atoms with Crippen LogP contribution in [0.1, 0.15) is 24.6 Å². The summed E-state index contributed by atoms with van der Waals surface area (Å²) in [6.07, 6.45) is 3.56. The topological polar surface area (TPSA) is 68.7 Å². The lowest BCUT2D eigenvalue weighted by Crippen LogP contribution is -2.49. The van der Waals surface area contributed by atoms with Gasteiger partial charge in [0, 0.05) is 45.5 Å². The van der Waals surface area contributed by atoms with Crippen molar-refractivity contribution in [1.82, 2.24) is 20.1 Å². The molecule has 2 fully saturated rings. The van der Waals surface area contributed by atoms with Crippen LogP contribution >= 0.6 is 0 Å². The molecule has 0 amide bonds. The van der Waals surface area contributed by atoms with Gasteiger partial charge in [0.15, 0.2) is 0 Å². The summed E-state index contributed by atoms with van der Waals surface area (Å²) in [6.45, 7) is 6.63. The highest BCUT2D eigenvalue weighted by Crippen LogP contribution is 2.27. The molecule has 6 heteroatoms. The lowest BCUT2D eigenvalue weighted by atomic mass is 9.95. The Balaban J connectivity index is 1.75. The van der Waals surface area contributed by atoms with Gasteiger partial charge in [-0.3, -0.25) is 19.6 Å². The SMILES string of the molecule is O=C(O)C1CCCN(C(CN2CCNCC2)c2ccccn2)C1. The van der Waals surface area contributed by atoms with Crippen LogP contribution in [0.5, 0.6) is 0 Å². The number of hydrogen-bond donors (Lipinski definition) is 2. The fourth-order valence-corrected chi connectivity index (χ4v) is 3.60. The van der Waals surface area contributed by atoms with E-state index in [1.54, 1.807) is 0 Å².